The van der Waals surface area contributed by atoms with E-state index in [4.69, 9.17) is 0 Å². The van der Waals surface area contributed by atoms with Crippen LogP contribution in [0.2, 0.25) is 0 Å². The van der Waals surface area contributed by atoms with Gasteiger partial charge in [-0.2, -0.15) is 0 Å². The van der Waals surface area contributed by atoms with Gasteiger partial charge in [0.05, 0.1) is 9.85 Å². The van der Waals surface area contributed by atoms with Crippen molar-refractivity contribution in [2.75, 3.05) is 37.5 Å². The number of carbonyl (C=O) groups is 1. The van der Waals surface area contributed by atoms with Crippen molar-refractivity contribution in [1.29, 1.82) is 0 Å². The Labute approximate surface area is 177 Å². The Morgan fingerprint density at radius 1 is 1.19 bits per heavy atom. The molecule has 1 aromatic heterocycles. The molecule has 1 aliphatic heterocycles. The highest BCUT2D eigenvalue weighted by atomic mass is 16.6. The summed E-state index contributed by atoms with van der Waals surface area (Å²) in [6.45, 7) is 1.75. The molecular formula is C18H22N8O5. The first-order chi connectivity index (χ1) is 14.8. The highest BCUT2D eigenvalue weighted by Gasteiger charge is 2.30. The SMILES string of the molecule is CN1CCC(N(C)c2ncnc(NNC(=O)c3cccc([N+](=O)[O-])c3)c2[N+](=O)[O-])CC1. The van der Waals surface area contributed by atoms with E-state index in [1.807, 2.05) is 7.05 Å². The fourth-order valence-corrected chi connectivity index (χ4v) is 3.39. The van der Waals surface area contributed by atoms with E-state index in [2.05, 4.69) is 25.7 Å². The zero-order valence-corrected chi connectivity index (χ0v) is 17.0. The summed E-state index contributed by atoms with van der Waals surface area (Å²) in [5.74, 6) is -0.753. The third-order valence-electron chi connectivity index (χ3n) is 5.17. The molecule has 2 aromatic rings. The molecule has 3 rings (SSSR count). The molecule has 0 aliphatic carbocycles. The number of nitrogens with zero attached hydrogens (tertiary/aromatic N) is 6. The molecular weight excluding hydrogens is 408 g/mol. The van der Waals surface area contributed by atoms with Crippen molar-refractivity contribution in [2.24, 2.45) is 0 Å². The predicted octanol–water partition coefficient (Wildman–Crippen LogP) is 1.58. The quantitative estimate of drug-likeness (QED) is 0.487. The number of piperidine rings is 1. The van der Waals surface area contributed by atoms with Gasteiger partial charge in [-0.15, -0.1) is 0 Å². The lowest BCUT2D eigenvalue weighted by Crippen LogP contribution is -2.42. The number of non-ortho nitro benzene ring substituents is 1. The predicted molar refractivity (Wildman–Crippen MR) is 112 cm³/mol. The Hall–Kier alpha value is -3.87. The minimum Gasteiger partial charge on any atom is -0.351 e. The fourth-order valence-electron chi connectivity index (χ4n) is 3.39. The average molecular weight is 430 g/mol. The monoisotopic (exact) mass is 430 g/mol. The van der Waals surface area contributed by atoms with Gasteiger partial charge in [-0.05, 0) is 39.0 Å². The van der Waals surface area contributed by atoms with Gasteiger partial charge < -0.3 is 9.80 Å². The van der Waals surface area contributed by atoms with Crippen LogP contribution in [0.4, 0.5) is 23.0 Å². The highest BCUT2D eigenvalue weighted by molar-refractivity contribution is 5.95. The number of hydrogen-bond donors (Lipinski definition) is 2. The van der Waals surface area contributed by atoms with Crippen molar-refractivity contribution in [3.05, 3.63) is 56.4 Å². The molecule has 0 bridgehead atoms. The number of nitro groups is 2. The Balaban J connectivity index is 1.79. The fraction of sp³-hybridized carbons (Fsp3) is 0.389. The van der Waals surface area contributed by atoms with E-state index in [1.54, 1.807) is 11.9 Å². The summed E-state index contributed by atoms with van der Waals surface area (Å²) in [4.78, 5) is 45.7. The van der Waals surface area contributed by atoms with Crippen LogP contribution in [-0.4, -0.2) is 63.8 Å². The molecule has 13 heteroatoms. The number of hydrazine groups is 1. The van der Waals surface area contributed by atoms with Gasteiger partial charge >= 0.3 is 5.69 Å². The Morgan fingerprint density at radius 2 is 1.90 bits per heavy atom. The third kappa shape index (κ3) is 5.01. The number of aromatic nitrogens is 2. The van der Waals surface area contributed by atoms with Crippen molar-refractivity contribution < 1.29 is 14.6 Å². The Morgan fingerprint density at radius 3 is 2.55 bits per heavy atom. The molecule has 0 unspecified atom stereocenters. The molecule has 0 atom stereocenters. The molecule has 2 N–H and O–H groups in total. The van der Waals surface area contributed by atoms with Gasteiger partial charge in [-0.1, -0.05) is 6.07 Å². The summed E-state index contributed by atoms with van der Waals surface area (Å²) in [5.41, 5.74) is 4.14. The van der Waals surface area contributed by atoms with E-state index < -0.39 is 15.8 Å². The van der Waals surface area contributed by atoms with E-state index in [0.29, 0.717) is 0 Å². The van der Waals surface area contributed by atoms with E-state index in [0.717, 1.165) is 32.0 Å². The van der Waals surface area contributed by atoms with Crippen molar-refractivity contribution in [3.8, 4) is 0 Å². The number of benzene rings is 1. The molecule has 13 nitrogen and oxygen atoms in total. The van der Waals surface area contributed by atoms with Crippen LogP contribution in [0.3, 0.4) is 0 Å². The van der Waals surface area contributed by atoms with Crippen molar-refractivity contribution in [1.82, 2.24) is 20.3 Å². The first-order valence-electron chi connectivity index (χ1n) is 9.49. The van der Waals surface area contributed by atoms with Gasteiger partial charge in [0.25, 0.3) is 11.6 Å². The molecule has 2 heterocycles. The standard InChI is InChI=1S/C18H22N8O5/c1-23-8-6-13(7-9-23)24(2)17-15(26(30)31)16(19-11-20-17)21-22-18(27)12-4-3-5-14(10-12)25(28)29/h3-5,10-11,13H,6-9H2,1-2H3,(H,22,27)(H,19,20,21). The van der Waals surface area contributed by atoms with Crippen LogP contribution in [0.25, 0.3) is 0 Å². The maximum Gasteiger partial charge on any atom is 0.355 e. The van der Waals surface area contributed by atoms with Crippen molar-refractivity contribution in [2.45, 2.75) is 18.9 Å². The van der Waals surface area contributed by atoms with Gasteiger partial charge in [-0.25, -0.2) is 9.97 Å². The zero-order valence-electron chi connectivity index (χ0n) is 17.0. The van der Waals surface area contributed by atoms with E-state index in [-0.39, 0.29) is 34.6 Å². The molecule has 0 spiro atoms. The van der Waals surface area contributed by atoms with E-state index in [1.165, 1.54) is 24.5 Å². The third-order valence-corrected chi connectivity index (χ3v) is 5.17. The normalized spacial score (nSPS) is 14.6. The lowest BCUT2D eigenvalue weighted by Gasteiger charge is -2.35. The topological polar surface area (TPSA) is 160 Å². The van der Waals surface area contributed by atoms with Gasteiger partial charge in [0, 0.05) is 30.8 Å². The van der Waals surface area contributed by atoms with Gasteiger partial charge in [-0.3, -0.25) is 35.9 Å². The van der Waals surface area contributed by atoms with Crippen LogP contribution >= 0.6 is 0 Å². The molecule has 0 radical (unpaired) electrons. The lowest BCUT2D eigenvalue weighted by molar-refractivity contribution is -0.384. The van der Waals surface area contributed by atoms with Crippen LogP contribution in [0.5, 0.6) is 0 Å². The smallest absolute Gasteiger partial charge is 0.351 e. The summed E-state index contributed by atoms with van der Waals surface area (Å²) >= 11 is 0. The maximum absolute atomic E-state index is 12.3. The number of carbonyl (C=O) groups excluding carboxylic acids is 1. The summed E-state index contributed by atoms with van der Waals surface area (Å²) in [7, 11) is 3.77. The number of hydrogen-bond acceptors (Lipinski definition) is 10. The molecule has 1 aliphatic rings. The number of rotatable bonds is 7. The van der Waals surface area contributed by atoms with Gasteiger partial charge in [0.15, 0.2) is 0 Å². The second kappa shape index (κ2) is 9.30. The highest BCUT2D eigenvalue weighted by Crippen LogP contribution is 2.33. The molecule has 164 valence electrons. The molecule has 1 saturated heterocycles. The van der Waals surface area contributed by atoms with E-state index >= 15 is 0 Å². The van der Waals surface area contributed by atoms with Crippen LogP contribution in [-0.2, 0) is 0 Å². The van der Waals surface area contributed by atoms with Crippen LogP contribution in [0, 0.1) is 20.2 Å². The number of nitro benzene ring substituents is 1. The van der Waals surface area contributed by atoms with Crippen LogP contribution in [0.15, 0.2) is 30.6 Å². The Kier molecular flexibility index (Phi) is 6.55. The maximum atomic E-state index is 12.3. The molecule has 1 amide bonds. The van der Waals surface area contributed by atoms with Crippen LogP contribution in [0.1, 0.15) is 23.2 Å². The van der Waals surface area contributed by atoms with Crippen molar-refractivity contribution in [3.63, 3.8) is 0 Å². The second-order valence-corrected chi connectivity index (χ2v) is 7.18. The van der Waals surface area contributed by atoms with Crippen LogP contribution < -0.4 is 15.8 Å². The summed E-state index contributed by atoms with van der Waals surface area (Å²) in [5, 5.41) is 22.7. The molecule has 31 heavy (non-hydrogen) atoms. The number of amides is 1. The second-order valence-electron chi connectivity index (χ2n) is 7.18. The first kappa shape index (κ1) is 21.8. The van der Waals surface area contributed by atoms with Gasteiger partial charge in [0.2, 0.25) is 11.6 Å². The Bertz CT molecular complexity index is 993. The summed E-state index contributed by atoms with van der Waals surface area (Å²) < 4.78 is 0. The largest absolute Gasteiger partial charge is 0.355 e. The zero-order chi connectivity index (χ0) is 22.5. The molecule has 1 aromatic carbocycles. The van der Waals surface area contributed by atoms with Gasteiger partial charge in [0.1, 0.15) is 6.33 Å². The van der Waals surface area contributed by atoms with E-state index in [9.17, 15) is 25.0 Å². The lowest BCUT2D eigenvalue weighted by atomic mass is 10.0. The number of nitrogens with one attached hydrogen (secondary N) is 2. The molecule has 1 fully saturated rings. The first-order valence-corrected chi connectivity index (χ1v) is 9.49. The number of anilines is 2. The summed E-state index contributed by atoms with van der Waals surface area (Å²) in [6, 6.07) is 5.19. The minimum absolute atomic E-state index is 0.0158. The average Bonchev–Trinajstić information content (AvgIpc) is 2.77. The summed E-state index contributed by atoms with van der Waals surface area (Å²) in [6.07, 6.45) is 2.84. The minimum atomic E-state index is -0.707. The molecule has 0 saturated carbocycles. The van der Waals surface area contributed by atoms with Crippen molar-refractivity contribution >= 4 is 28.9 Å². The number of likely N-dealkylation sites (tertiary alicyclic amines) is 1.